The second-order valence-electron chi connectivity index (χ2n) is 9.90. The van der Waals surface area contributed by atoms with Crippen molar-refractivity contribution in [3.63, 3.8) is 0 Å². The number of aromatic nitrogens is 1. The van der Waals surface area contributed by atoms with Gasteiger partial charge < -0.3 is 24.3 Å². The highest BCUT2D eigenvalue weighted by molar-refractivity contribution is 6.34. The van der Waals surface area contributed by atoms with Gasteiger partial charge in [0.1, 0.15) is 11.4 Å². The number of benzene rings is 2. The van der Waals surface area contributed by atoms with Crippen LogP contribution >= 0.6 is 11.6 Å². The minimum atomic E-state index is -0.502. The van der Waals surface area contributed by atoms with Crippen molar-refractivity contribution in [3.8, 4) is 5.75 Å². The largest absolute Gasteiger partial charge is 0.497 e. The summed E-state index contributed by atoms with van der Waals surface area (Å²) >= 11 is 6.58. The SMILES string of the molecule is COc1ccc(Cn2ccc3cc(NC4CCN(C(=O)OC(C)(C)C)CC4)c(Cl)cc3c2=O)cc1. The van der Waals surface area contributed by atoms with E-state index >= 15 is 0 Å². The third kappa shape index (κ3) is 6.09. The molecule has 0 spiro atoms. The number of ether oxygens (including phenoxy) is 2. The van der Waals surface area contributed by atoms with Crippen molar-refractivity contribution in [2.75, 3.05) is 25.5 Å². The van der Waals surface area contributed by atoms with E-state index in [-0.39, 0.29) is 17.7 Å². The van der Waals surface area contributed by atoms with Gasteiger partial charge in [0.15, 0.2) is 0 Å². The van der Waals surface area contributed by atoms with Crippen LogP contribution in [0.5, 0.6) is 5.75 Å². The molecule has 0 saturated carbocycles. The van der Waals surface area contributed by atoms with Crippen LogP contribution in [0.4, 0.5) is 10.5 Å². The Kier molecular flexibility index (Phi) is 7.26. The van der Waals surface area contributed by atoms with Crippen LogP contribution in [0.3, 0.4) is 0 Å². The second-order valence-corrected chi connectivity index (χ2v) is 10.3. The lowest BCUT2D eigenvalue weighted by atomic mass is 10.0. The Hall–Kier alpha value is -3.19. The molecule has 1 fully saturated rings. The molecule has 0 aliphatic carbocycles. The number of likely N-dealkylation sites (tertiary alicyclic amines) is 1. The molecule has 0 radical (unpaired) electrons. The van der Waals surface area contributed by atoms with Crippen molar-refractivity contribution in [3.05, 3.63) is 69.6 Å². The average molecular weight is 498 g/mol. The fraction of sp³-hybridized carbons (Fsp3) is 0.407. The minimum Gasteiger partial charge on any atom is -0.497 e. The number of fused-ring (bicyclic) bond motifs is 1. The summed E-state index contributed by atoms with van der Waals surface area (Å²) in [6, 6.07) is 13.4. The number of nitrogens with zero attached hydrogens (tertiary/aromatic N) is 2. The third-order valence-electron chi connectivity index (χ3n) is 6.08. The topological polar surface area (TPSA) is 72.8 Å². The van der Waals surface area contributed by atoms with E-state index in [0.29, 0.717) is 30.0 Å². The first-order valence-electron chi connectivity index (χ1n) is 11.8. The lowest BCUT2D eigenvalue weighted by molar-refractivity contribution is 0.0210. The molecule has 1 aliphatic heterocycles. The lowest BCUT2D eigenvalue weighted by Crippen LogP contribution is -2.44. The average Bonchev–Trinajstić information content (AvgIpc) is 2.82. The van der Waals surface area contributed by atoms with Gasteiger partial charge in [-0.25, -0.2) is 4.79 Å². The van der Waals surface area contributed by atoms with Gasteiger partial charge >= 0.3 is 6.09 Å². The number of hydrogen-bond acceptors (Lipinski definition) is 5. The Labute approximate surface area is 210 Å². The zero-order valence-electron chi connectivity index (χ0n) is 20.6. The number of piperidine rings is 1. The molecule has 0 bridgehead atoms. The van der Waals surface area contributed by atoms with Gasteiger partial charge in [-0.05, 0) is 74.9 Å². The van der Waals surface area contributed by atoms with E-state index in [2.05, 4.69) is 5.32 Å². The standard InChI is InChI=1S/C27H32ClN3O4/c1-27(2,3)35-26(33)30-13-10-20(11-14-30)29-24-15-19-9-12-31(25(32)22(19)16-23(24)28)17-18-5-7-21(34-4)8-6-18/h5-9,12,15-16,20,29H,10-11,13-14,17H2,1-4H3. The van der Waals surface area contributed by atoms with Crippen molar-refractivity contribution >= 4 is 34.2 Å². The van der Waals surface area contributed by atoms with Gasteiger partial charge in [-0.2, -0.15) is 0 Å². The fourth-order valence-electron chi connectivity index (χ4n) is 4.22. The summed E-state index contributed by atoms with van der Waals surface area (Å²) < 4.78 is 12.4. The molecule has 0 unspecified atom stereocenters. The Bertz CT molecular complexity index is 1260. The van der Waals surface area contributed by atoms with Crippen molar-refractivity contribution in [2.45, 2.75) is 51.8 Å². The fourth-order valence-corrected chi connectivity index (χ4v) is 4.44. The number of anilines is 1. The normalized spacial score (nSPS) is 14.7. The molecule has 1 saturated heterocycles. The summed E-state index contributed by atoms with van der Waals surface area (Å²) in [5.41, 5.74) is 1.21. The van der Waals surface area contributed by atoms with Crippen molar-refractivity contribution in [2.24, 2.45) is 0 Å². The number of hydrogen-bond donors (Lipinski definition) is 1. The van der Waals surface area contributed by atoms with Crippen LogP contribution in [-0.2, 0) is 11.3 Å². The molecule has 8 heteroatoms. The monoisotopic (exact) mass is 497 g/mol. The summed E-state index contributed by atoms with van der Waals surface area (Å²) in [5, 5.41) is 5.42. The van der Waals surface area contributed by atoms with Crippen LogP contribution in [0.15, 0.2) is 53.5 Å². The summed E-state index contributed by atoms with van der Waals surface area (Å²) in [4.78, 5) is 27.2. The zero-order valence-corrected chi connectivity index (χ0v) is 21.4. The molecule has 1 N–H and O–H groups in total. The molecule has 0 atom stereocenters. The van der Waals surface area contributed by atoms with Crippen LogP contribution in [0, 0.1) is 0 Å². The van der Waals surface area contributed by atoms with E-state index in [4.69, 9.17) is 21.1 Å². The summed E-state index contributed by atoms with van der Waals surface area (Å²) in [6.45, 7) is 7.31. The van der Waals surface area contributed by atoms with Gasteiger partial charge in [0.05, 0.1) is 24.4 Å². The molecule has 35 heavy (non-hydrogen) atoms. The molecule has 3 aromatic rings. The van der Waals surface area contributed by atoms with Gasteiger partial charge in [-0.15, -0.1) is 0 Å². The second kappa shape index (κ2) is 10.2. The summed E-state index contributed by atoms with van der Waals surface area (Å²) in [6.07, 6.45) is 3.12. The molecular weight excluding hydrogens is 466 g/mol. The van der Waals surface area contributed by atoms with Gasteiger partial charge in [0.25, 0.3) is 5.56 Å². The quantitative estimate of drug-likeness (QED) is 0.502. The van der Waals surface area contributed by atoms with E-state index in [0.717, 1.165) is 35.2 Å². The smallest absolute Gasteiger partial charge is 0.410 e. The predicted octanol–water partition coefficient (Wildman–Crippen LogP) is 5.52. The minimum absolute atomic E-state index is 0.0857. The maximum Gasteiger partial charge on any atom is 0.410 e. The number of pyridine rings is 1. The first kappa shape index (κ1) is 24.9. The highest BCUT2D eigenvalue weighted by Crippen LogP contribution is 2.29. The summed E-state index contributed by atoms with van der Waals surface area (Å²) in [5.74, 6) is 0.780. The molecule has 1 aromatic heterocycles. The Balaban J connectivity index is 1.44. The van der Waals surface area contributed by atoms with Crippen LogP contribution < -0.4 is 15.6 Å². The Morgan fingerprint density at radius 2 is 1.80 bits per heavy atom. The molecule has 4 rings (SSSR count). The number of carbonyl (C=O) groups excluding carboxylic acids is 1. The molecule has 186 valence electrons. The Morgan fingerprint density at radius 3 is 2.43 bits per heavy atom. The molecule has 2 heterocycles. The van der Waals surface area contributed by atoms with Crippen molar-refractivity contribution in [1.82, 2.24) is 9.47 Å². The number of rotatable bonds is 5. The first-order chi connectivity index (χ1) is 16.6. The Morgan fingerprint density at radius 1 is 1.11 bits per heavy atom. The van der Waals surface area contributed by atoms with Crippen LogP contribution in [0.25, 0.3) is 10.8 Å². The van der Waals surface area contributed by atoms with Crippen LogP contribution in [0.1, 0.15) is 39.2 Å². The maximum absolute atomic E-state index is 13.1. The van der Waals surface area contributed by atoms with Crippen molar-refractivity contribution in [1.29, 1.82) is 0 Å². The van der Waals surface area contributed by atoms with Crippen LogP contribution in [-0.4, -0.2) is 47.4 Å². The number of amides is 1. The van der Waals surface area contributed by atoms with E-state index in [1.165, 1.54) is 0 Å². The predicted molar refractivity (Wildman–Crippen MR) is 140 cm³/mol. The molecule has 1 aliphatic rings. The lowest BCUT2D eigenvalue weighted by Gasteiger charge is -2.34. The number of carbonyl (C=O) groups is 1. The van der Waals surface area contributed by atoms with E-state index < -0.39 is 5.60 Å². The van der Waals surface area contributed by atoms with Gasteiger partial charge in [-0.3, -0.25) is 4.79 Å². The number of halogens is 1. The van der Waals surface area contributed by atoms with Gasteiger partial charge in [-0.1, -0.05) is 23.7 Å². The molecule has 2 aromatic carbocycles. The highest BCUT2D eigenvalue weighted by atomic mass is 35.5. The van der Waals surface area contributed by atoms with E-state index in [1.54, 1.807) is 22.6 Å². The molecule has 1 amide bonds. The van der Waals surface area contributed by atoms with Gasteiger partial charge in [0.2, 0.25) is 0 Å². The third-order valence-corrected chi connectivity index (χ3v) is 6.40. The van der Waals surface area contributed by atoms with Crippen molar-refractivity contribution < 1.29 is 14.3 Å². The van der Waals surface area contributed by atoms with Gasteiger partial charge in [0, 0.05) is 30.7 Å². The summed E-state index contributed by atoms with van der Waals surface area (Å²) in [7, 11) is 1.63. The molecule has 7 nitrogen and oxygen atoms in total. The van der Waals surface area contributed by atoms with E-state index in [1.807, 2.05) is 63.4 Å². The maximum atomic E-state index is 13.1. The zero-order chi connectivity index (χ0) is 25.2. The molecular formula is C27H32ClN3O4. The first-order valence-corrected chi connectivity index (χ1v) is 12.2. The number of nitrogens with one attached hydrogen (secondary N) is 1. The number of methoxy groups -OCH3 is 1. The van der Waals surface area contributed by atoms with Crippen LogP contribution in [0.2, 0.25) is 5.02 Å². The van der Waals surface area contributed by atoms with E-state index in [9.17, 15) is 9.59 Å². The highest BCUT2D eigenvalue weighted by Gasteiger charge is 2.27.